The third kappa shape index (κ3) is 11.0. The molecule has 0 aliphatic heterocycles. The number of benzene rings is 3. The van der Waals surface area contributed by atoms with E-state index in [0.29, 0.717) is 13.2 Å². The second-order valence-corrected chi connectivity index (χ2v) is 6.45. The summed E-state index contributed by atoms with van der Waals surface area (Å²) in [5.41, 5.74) is 3.07. The molecule has 0 fully saturated rings. The topological polar surface area (TPSA) is 52.6 Å². The molecule has 158 valence electrons. The third-order valence-electron chi connectivity index (χ3n) is 3.93. The van der Waals surface area contributed by atoms with Gasteiger partial charge < -0.3 is 9.47 Å². The molecule has 4 heteroatoms. The van der Waals surface area contributed by atoms with E-state index >= 15 is 0 Å². The minimum Gasteiger partial charge on any atom is -0.462 e. The lowest BCUT2D eigenvalue weighted by molar-refractivity contribution is -0.140. The average molecular weight is 415 g/mol. The average Bonchev–Trinajstić information content (AvgIpc) is 2.81. The molecule has 31 heavy (non-hydrogen) atoms. The summed E-state index contributed by atoms with van der Waals surface area (Å²) < 4.78 is 9.86. The van der Waals surface area contributed by atoms with Crippen LogP contribution in [-0.4, -0.2) is 18.5 Å². The van der Waals surface area contributed by atoms with E-state index in [2.05, 4.69) is 0 Å². The lowest BCUT2D eigenvalue weighted by Crippen LogP contribution is -2.00. The Morgan fingerprint density at radius 3 is 1.77 bits per heavy atom. The molecule has 4 nitrogen and oxygen atoms in total. The summed E-state index contributed by atoms with van der Waals surface area (Å²) in [7, 11) is 0. The third-order valence-corrected chi connectivity index (χ3v) is 3.93. The van der Waals surface area contributed by atoms with Gasteiger partial charge in [-0.2, -0.15) is 0 Å². The lowest BCUT2D eigenvalue weighted by Gasteiger charge is -2.01. The summed E-state index contributed by atoms with van der Waals surface area (Å²) in [4.78, 5) is 21.9. The Balaban J connectivity index is 0.000000233. The fourth-order valence-electron chi connectivity index (χ4n) is 2.42. The van der Waals surface area contributed by atoms with Gasteiger partial charge in [-0.05, 0) is 28.8 Å². The van der Waals surface area contributed by atoms with Crippen LogP contribution in [0, 0.1) is 0 Å². The van der Waals surface area contributed by atoms with Crippen molar-refractivity contribution in [3.05, 3.63) is 120 Å². The van der Waals surface area contributed by atoms with Gasteiger partial charge in [-0.1, -0.05) is 97.1 Å². The molecule has 0 saturated heterocycles. The van der Waals surface area contributed by atoms with Crippen LogP contribution in [0.2, 0.25) is 0 Å². The Morgan fingerprint density at radius 2 is 1.23 bits per heavy atom. The zero-order valence-corrected chi connectivity index (χ0v) is 17.5. The molecule has 0 aliphatic carbocycles. The molecule has 3 rings (SSSR count). The van der Waals surface area contributed by atoms with E-state index in [1.807, 2.05) is 103 Å². The largest absolute Gasteiger partial charge is 0.462 e. The predicted octanol–water partition coefficient (Wildman–Crippen LogP) is 5.71. The van der Waals surface area contributed by atoms with E-state index < -0.39 is 0 Å². The van der Waals surface area contributed by atoms with Gasteiger partial charge in [0.15, 0.2) is 0 Å². The summed E-state index contributed by atoms with van der Waals surface area (Å²) in [6.07, 6.45) is 6.92. The van der Waals surface area contributed by atoms with E-state index in [0.717, 1.165) is 16.7 Å². The Labute approximate surface area is 183 Å². The maximum Gasteiger partial charge on any atom is 0.331 e. The van der Waals surface area contributed by atoms with Crippen molar-refractivity contribution in [3.63, 3.8) is 0 Å². The van der Waals surface area contributed by atoms with Crippen molar-refractivity contribution in [2.45, 2.75) is 13.5 Å². The fraction of sp³-hybridized carbons (Fsp3) is 0.111. The molecular formula is C27H26O4. The second kappa shape index (κ2) is 14.1. The van der Waals surface area contributed by atoms with Crippen LogP contribution in [0.4, 0.5) is 0 Å². The Morgan fingerprint density at radius 1 is 0.710 bits per heavy atom. The van der Waals surface area contributed by atoms with Gasteiger partial charge in [0.1, 0.15) is 13.2 Å². The van der Waals surface area contributed by atoms with Crippen LogP contribution in [0.1, 0.15) is 23.6 Å². The zero-order valence-electron chi connectivity index (χ0n) is 17.5. The van der Waals surface area contributed by atoms with Crippen molar-refractivity contribution < 1.29 is 19.1 Å². The number of hydrogen-bond donors (Lipinski definition) is 0. The highest BCUT2D eigenvalue weighted by Crippen LogP contribution is 2.04. The van der Waals surface area contributed by atoms with Gasteiger partial charge in [0.2, 0.25) is 0 Å². The van der Waals surface area contributed by atoms with Crippen LogP contribution in [0.5, 0.6) is 0 Å². The Hall–Kier alpha value is -3.92. The predicted molar refractivity (Wildman–Crippen MR) is 124 cm³/mol. The van der Waals surface area contributed by atoms with Gasteiger partial charge in [0, 0.05) is 13.0 Å². The Kier molecular flexibility index (Phi) is 10.6. The van der Waals surface area contributed by atoms with Gasteiger partial charge in [-0.15, -0.1) is 0 Å². The first kappa shape index (κ1) is 23.4. The number of hydrogen-bond acceptors (Lipinski definition) is 4. The van der Waals surface area contributed by atoms with Crippen LogP contribution >= 0.6 is 0 Å². The first-order chi connectivity index (χ1) is 15.1. The van der Waals surface area contributed by atoms with Crippen LogP contribution in [0.25, 0.3) is 12.2 Å². The van der Waals surface area contributed by atoms with Crippen LogP contribution in [0.15, 0.2) is 103 Å². The van der Waals surface area contributed by atoms with E-state index in [9.17, 15) is 9.59 Å². The van der Waals surface area contributed by atoms with Crippen molar-refractivity contribution in [3.8, 4) is 0 Å². The van der Waals surface area contributed by atoms with Gasteiger partial charge >= 0.3 is 11.9 Å². The smallest absolute Gasteiger partial charge is 0.331 e. The molecule has 3 aromatic carbocycles. The molecule has 0 heterocycles. The monoisotopic (exact) mass is 414 g/mol. The maximum atomic E-state index is 11.5. The highest BCUT2D eigenvalue weighted by atomic mass is 16.5. The van der Waals surface area contributed by atoms with Crippen molar-refractivity contribution in [1.29, 1.82) is 0 Å². The number of ether oxygens (including phenoxy) is 2. The maximum absolute atomic E-state index is 11.5. The normalized spacial score (nSPS) is 10.4. The van der Waals surface area contributed by atoms with Crippen molar-refractivity contribution in [1.82, 2.24) is 0 Å². The number of rotatable bonds is 7. The van der Waals surface area contributed by atoms with Crippen LogP contribution in [0.3, 0.4) is 0 Å². The van der Waals surface area contributed by atoms with Crippen molar-refractivity contribution >= 4 is 24.1 Å². The highest BCUT2D eigenvalue weighted by Gasteiger charge is 1.97. The standard InChI is InChI=1S/C16H14O2.C11H12O2/c17-16(12-11-14-7-3-1-4-8-14)18-13-15-9-5-2-6-10-15;1-10(12)13-9-5-8-11-6-3-2-4-7-11/h1-12H,13H2;2-8H,9H2,1H3. The number of esters is 2. The highest BCUT2D eigenvalue weighted by molar-refractivity contribution is 5.87. The molecule has 0 N–H and O–H groups in total. The molecule has 0 bridgehead atoms. The molecule has 0 aliphatic rings. The first-order valence-electron chi connectivity index (χ1n) is 9.92. The van der Waals surface area contributed by atoms with E-state index in [-0.39, 0.29) is 11.9 Å². The molecule has 0 spiro atoms. The minimum absolute atomic E-state index is 0.252. The molecule has 0 aromatic heterocycles. The van der Waals surface area contributed by atoms with Crippen LogP contribution in [-0.2, 0) is 25.7 Å². The molecular weight excluding hydrogens is 388 g/mol. The SMILES string of the molecule is CC(=O)OCC=Cc1ccccc1.O=C(C=Cc1ccccc1)OCc1ccccc1. The molecule has 0 atom stereocenters. The van der Waals surface area contributed by atoms with Gasteiger partial charge in [-0.3, -0.25) is 4.79 Å². The summed E-state index contributed by atoms with van der Waals surface area (Å²) in [6, 6.07) is 29.1. The molecule has 0 unspecified atom stereocenters. The van der Waals surface area contributed by atoms with Gasteiger partial charge in [-0.25, -0.2) is 4.79 Å². The molecule has 3 aromatic rings. The van der Waals surface area contributed by atoms with Crippen molar-refractivity contribution in [2.75, 3.05) is 6.61 Å². The summed E-state index contributed by atoms with van der Waals surface area (Å²) in [6.45, 7) is 2.04. The second-order valence-electron chi connectivity index (χ2n) is 6.45. The van der Waals surface area contributed by atoms with Gasteiger partial charge in [0.05, 0.1) is 0 Å². The fourth-order valence-corrected chi connectivity index (χ4v) is 2.42. The van der Waals surface area contributed by atoms with E-state index in [1.54, 1.807) is 6.08 Å². The quantitative estimate of drug-likeness (QED) is 0.367. The zero-order chi connectivity index (χ0) is 22.2. The summed E-state index contributed by atoms with van der Waals surface area (Å²) in [5, 5.41) is 0. The number of carbonyl (C=O) groups is 2. The molecule has 0 radical (unpaired) electrons. The minimum atomic E-state index is -0.331. The summed E-state index contributed by atoms with van der Waals surface area (Å²) >= 11 is 0. The lowest BCUT2D eigenvalue weighted by atomic mass is 10.2. The van der Waals surface area contributed by atoms with E-state index in [4.69, 9.17) is 9.47 Å². The first-order valence-corrected chi connectivity index (χ1v) is 9.92. The Bertz CT molecular complexity index is 962. The van der Waals surface area contributed by atoms with E-state index in [1.165, 1.54) is 13.0 Å². The molecule has 0 saturated carbocycles. The number of carbonyl (C=O) groups excluding carboxylic acids is 2. The molecule has 0 amide bonds. The summed E-state index contributed by atoms with van der Waals surface area (Å²) in [5.74, 6) is -0.583. The van der Waals surface area contributed by atoms with Gasteiger partial charge in [0.25, 0.3) is 0 Å². The van der Waals surface area contributed by atoms with Crippen molar-refractivity contribution in [2.24, 2.45) is 0 Å². The van der Waals surface area contributed by atoms with Crippen LogP contribution < -0.4 is 0 Å².